The van der Waals surface area contributed by atoms with Crippen LogP contribution in [0.1, 0.15) is 16.7 Å². The van der Waals surface area contributed by atoms with Gasteiger partial charge in [0.1, 0.15) is 18.7 Å². The lowest BCUT2D eigenvalue weighted by Crippen LogP contribution is -2.32. The highest BCUT2D eigenvalue weighted by Gasteiger charge is 2.39. The molecule has 0 radical (unpaired) electrons. The largest absolute Gasteiger partial charge is 0.384 e. The molecule has 0 unspecified atom stereocenters. The number of rotatable bonds is 9. The van der Waals surface area contributed by atoms with E-state index in [2.05, 4.69) is 90.0 Å². The third-order valence-corrected chi connectivity index (χ3v) is 8.83. The van der Waals surface area contributed by atoms with E-state index >= 15 is 0 Å². The molecule has 182 valence electrons. The molecule has 1 aliphatic carbocycles. The minimum Gasteiger partial charge on any atom is -0.384 e. The topological polar surface area (TPSA) is 49.2 Å². The molecule has 35 heavy (non-hydrogen) atoms. The smallest absolute Gasteiger partial charge is 0.145 e. The third kappa shape index (κ3) is 4.96. The van der Waals surface area contributed by atoms with Crippen molar-refractivity contribution in [2.45, 2.75) is 50.7 Å². The SMILES string of the molecule is COCC1(c2cccc(-c3ncnc4c3ccn4COCC[Si](C)(C)C)c2)Cc2ccccc2C1. The zero-order chi connectivity index (χ0) is 24.5. The van der Waals surface area contributed by atoms with Crippen molar-refractivity contribution >= 4 is 19.1 Å². The van der Waals surface area contributed by atoms with Gasteiger partial charge in [-0.1, -0.05) is 62.1 Å². The van der Waals surface area contributed by atoms with Gasteiger partial charge in [0.25, 0.3) is 0 Å². The fourth-order valence-electron chi connectivity index (χ4n) is 5.24. The molecule has 0 fully saturated rings. The summed E-state index contributed by atoms with van der Waals surface area (Å²) < 4.78 is 13.8. The van der Waals surface area contributed by atoms with Crippen LogP contribution in [0.25, 0.3) is 22.3 Å². The lowest BCUT2D eigenvalue weighted by atomic mass is 9.77. The van der Waals surface area contributed by atoms with Crippen molar-refractivity contribution in [2.75, 3.05) is 20.3 Å². The van der Waals surface area contributed by atoms with Crippen molar-refractivity contribution in [1.82, 2.24) is 14.5 Å². The molecule has 6 heteroatoms. The Hall–Kier alpha value is -2.80. The standard InChI is InChI=1S/C29H35N3O2Si/c1-33-19-29(17-23-8-5-6-9-24(23)18-29)25-11-7-10-22(16-25)27-26-12-13-32(28(26)31-20-30-27)21-34-14-15-35(2,3)4/h5-13,16,20H,14-15,17-19,21H2,1-4H3. The zero-order valence-electron chi connectivity index (χ0n) is 21.3. The van der Waals surface area contributed by atoms with E-state index in [1.165, 1.54) is 16.7 Å². The molecule has 4 aromatic rings. The van der Waals surface area contributed by atoms with Crippen LogP contribution in [-0.2, 0) is 34.5 Å². The number of ether oxygens (including phenoxy) is 2. The minimum atomic E-state index is -1.10. The van der Waals surface area contributed by atoms with E-state index in [0.717, 1.165) is 47.8 Å². The molecule has 0 aliphatic heterocycles. The van der Waals surface area contributed by atoms with Crippen LogP contribution >= 0.6 is 0 Å². The van der Waals surface area contributed by atoms with Gasteiger partial charge in [-0.3, -0.25) is 0 Å². The number of fused-ring (bicyclic) bond motifs is 2. The maximum atomic E-state index is 5.99. The monoisotopic (exact) mass is 485 g/mol. The van der Waals surface area contributed by atoms with Crippen LogP contribution in [0.4, 0.5) is 0 Å². The van der Waals surface area contributed by atoms with Crippen LogP contribution in [0, 0.1) is 0 Å². The quantitative estimate of drug-likeness (QED) is 0.212. The summed E-state index contributed by atoms with van der Waals surface area (Å²) in [6.45, 7) is 9.11. The van der Waals surface area contributed by atoms with Crippen LogP contribution in [-0.4, -0.2) is 42.9 Å². The second-order valence-electron chi connectivity index (χ2n) is 11.0. The molecular formula is C29H35N3O2Si. The predicted molar refractivity (Wildman–Crippen MR) is 144 cm³/mol. The Balaban J connectivity index is 1.44. The molecule has 0 atom stereocenters. The summed E-state index contributed by atoms with van der Waals surface area (Å²) in [5.74, 6) is 0. The van der Waals surface area contributed by atoms with E-state index in [-0.39, 0.29) is 5.41 Å². The molecule has 0 saturated heterocycles. The zero-order valence-corrected chi connectivity index (χ0v) is 22.3. The highest BCUT2D eigenvalue weighted by atomic mass is 28.3. The predicted octanol–water partition coefficient (Wildman–Crippen LogP) is 6.09. The summed E-state index contributed by atoms with van der Waals surface area (Å²) >= 11 is 0. The van der Waals surface area contributed by atoms with Gasteiger partial charge in [-0.2, -0.15) is 0 Å². The van der Waals surface area contributed by atoms with Crippen molar-refractivity contribution in [2.24, 2.45) is 0 Å². The molecule has 2 aromatic carbocycles. The summed E-state index contributed by atoms with van der Waals surface area (Å²) in [6.07, 6.45) is 5.70. The van der Waals surface area contributed by atoms with Crippen molar-refractivity contribution in [3.8, 4) is 11.3 Å². The normalized spacial score (nSPS) is 15.0. The van der Waals surface area contributed by atoms with Crippen molar-refractivity contribution < 1.29 is 9.47 Å². The molecule has 0 amide bonds. The number of nitrogens with zero attached hydrogens (tertiary/aromatic N) is 3. The number of aromatic nitrogens is 3. The Morgan fingerprint density at radius 2 is 1.74 bits per heavy atom. The van der Waals surface area contributed by atoms with Gasteiger partial charge in [0.2, 0.25) is 0 Å². The first-order valence-electron chi connectivity index (χ1n) is 12.4. The second kappa shape index (κ2) is 9.68. The fraction of sp³-hybridized carbons (Fsp3) is 0.379. The van der Waals surface area contributed by atoms with Crippen LogP contribution in [0.3, 0.4) is 0 Å². The van der Waals surface area contributed by atoms with Gasteiger partial charge >= 0.3 is 0 Å². The summed E-state index contributed by atoms with van der Waals surface area (Å²) in [5, 5.41) is 1.05. The van der Waals surface area contributed by atoms with Crippen molar-refractivity contribution in [3.63, 3.8) is 0 Å². The van der Waals surface area contributed by atoms with Gasteiger partial charge in [0, 0.05) is 44.4 Å². The summed E-state index contributed by atoms with van der Waals surface area (Å²) in [7, 11) is 0.698. The first-order chi connectivity index (χ1) is 16.9. The summed E-state index contributed by atoms with van der Waals surface area (Å²) in [5.41, 5.74) is 7.06. The molecule has 0 bridgehead atoms. The molecule has 0 N–H and O–H groups in total. The van der Waals surface area contributed by atoms with Crippen LogP contribution in [0.2, 0.25) is 25.7 Å². The van der Waals surface area contributed by atoms with Gasteiger partial charge in [0.15, 0.2) is 0 Å². The third-order valence-electron chi connectivity index (χ3n) is 7.13. The Bertz CT molecular complexity index is 1300. The van der Waals surface area contributed by atoms with E-state index < -0.39 is 8.07 Å². The van der Waals surface area contributed by atoms with Crippen LogP contribution in [0.5, 0.6) is 0 Å². The van der Waals surface area contributed by atoms with Crippen molar-refractivity contribution in [3.05, 3.63) is 83.8 Å². The first-order valence-corrected chi connectivity index (χ1v) is 16.1. The number of hydrogen-bond acceptors (Lipinski definition) is 4. The second-order valence-corrected chi connectivity index (χ2v) is 16.6. The van der Waals surface area contributed by atoms with Gasteiger partial charge in [-0.25, -0.2) is 9.97 Å². The molecule has 0 spiro atoms. The molecule has 2 heterocycles. The maximum absolute atomic E-state index is 5.99. The Labute approximate surface area is 209 Å². The summed E-state index contributed by atoms with van der Waals surface area (Å²) in [4.78, 5) is 9.29. The number of hydrogen-bond donors (Lipinski definition) is 0. The van der Waals surface area contributed by atoms with Gasteiger partial charge in [-0.05, 0) is 47.7 Å². The molecular weight excluding hydrogens is 450 g/mol. The number of benzene rings is 2. The Kier molecular flexibility index (Phi) is 6.62. The molecule has 2 aromatic heterocycles. The van der Waals surface area contributed by atoms with E-state index in [4.69, 9.17) is 14.5 Å². The molecule has 0 saturated carbocycles. The van der Waals surface area contributed by atoms with E-state index in [1.54, 1.807) is 13.4 Å². The van der Waals surface area contributed by atoms with E-state index in [0.29, 0.717) is 13.3 Å². The average Bonchev–Trinajstić information content (AvgIpc) is 3.43. The van der Waals surface area contributed by atoms with Crippen LogP contribution < -0.4 is 0 Å². The maximum Gasteiger partial charge on any atom is 0.145 e. The fourth-order valence-corrected chi connectivity index (χ4v) is 5.99. The highest BCUT2D eigenvalue weighted by molar-refractivity contribution is 6.76. The van der Waals surface area contributed by atoms with Crippen molar-refractivity contribution in [1.29, 1.82) is 0 Å². The average molecular weight is 486 g/mol. The Morgan fingerprint density at radius 3 is 2.46 bits per heavy atom. The van der Waals surface area contributed by atoms with Gasteiger partial charge < -0.3 is 14.0 Å². The van der Waals surface area contributed by atoms with Gasteiger partial charge in [0.05, 0.1) is 12.3 Å². The van der Waals surface area contributed by atoms with E-state index in [9.17, 15) is 0 Å². The summed E-state index contributed by atoms with van der Waals surface area (Å²) in [6, 6.07) is 20.9. The van der Waals surface area contributed by atoms with Crippen LogP contribution in [0.15, 0.2) is 67.1 Å². The highest BCUT2D eigenvalue weighted by Crippen LogP contribution is 2.41. The molecule has 5 rings (SSSR count). The van der Waals surface area contributed by atoms with E-state index in [1.807, 2.05) is 0 Å². The van der Waals surface area contributed by atoms with Gasteiger partial charge in [-0.15, -0.1) is 0 Å². The lowest BCUT2D eigenvalue weighted by molar-refractivity contribution is 0.0899. The molecule has 1 aliphatic rings. The molecule has 5 nitrogen and oxygen atoms in total. The lowest BCUT2D eigenvalue weighted by Gasteiger charge is -2.29. The Morgan fingerprint density at radius 1 is 0.971 bits per heavy atom. The minimum absolute atomic E-state index is 0.0588. The number of methoxy groups -OCH3 is 1. The first kappa shape index (κ1) is 23.9.